The molecule has 1 N–H and O–H groups in total. The van der Waals surface area contributed by atoms with Crippen LogP contribution in [-0.2, 0) is 14.1 Å². The highest BCUT2D eigenvalue weighted by Crippen LogP contribution is 2.05. The first-order valence-corrected chi connectivity index (χ1v) is 5.17. The predicted molar refractivity (Wildman–Crippen MR) is 63.8 cm³/mol. The Balaban J connectivity index is 2.88. The van der Waals surface area contributed by atoms with Crippen LogP contribution in [0.3, 0.4) is 0 Å². The molecule has 0 aliphatic rings. The zero-order valence-corrected chi connectivity index (χ0v) is 9.67. The van der Waals surface area contributed by atoms with E-state index in [9.17, 15) is 14.4 Å². The highest BCUT2D eigenvalue weighted by molar-refractivity contribution is 5.77. The number of fused-ring (bicyclic) bond motifs is 3. The first-order chi connectivity index (χ1) is 8.52. The molecule has 0 saturated carbocycles. The van der Waals surface area contributed by atoms with E-state index in [-0.39, 0.29) is 11.0 Å². The molecule has 0 unspecified atom stereocenters. The summed E-state index contributed by atoms with van der Waals surface area (Å²) in [5, 5.41) is 6.38. The van der Waals surface area contributed by atoms with Crippen LogP contribution < -0.4 is 16.7 Å². The monoisotopic (exact) mass is 247 g/mol. The van der Waals surface area contributed by atoms with E-state index in [1.54, 1.807) is 0 Å². The van der Waals surface area contributed by atoms with Crippen molar-refractivity contribution in [3.8, 4) is 0 Å². The minimum Gasteiger partial charge on any atom is -0.289 e. The Morgan fingerprint density at radius 1 is 1.17 bits per heavy atom. The maximum atomic E-state index is 12.0. The number of nitrogens with one attached hydrogen (secondary N) is 1. The third-order valence-corrected chi connectivity index (χ3v) is 2.99. The van der Waals surface area contributed by atoms with Crippen molar-refractivity contribution >= 4 is 16.7 Å². The van der Waals surface area contributed by atoms with Gasteiger partial charge in [0.15, 0.2) is 5.43 Å². The van der Waals surface area contributed by atoms with Crippen molar-refractivity contribution in [3.63, 3.8) is 0 Å². The van der Waals surface area contributed by atoms with E-state index in [0.29, 0.717) is 5.65 Å². The van der Waals surface area contributed by atoms with E-state index in [4.69, 9.17) is 0 Å². The molecule has 0 aliphatic carbocycles. The van der Waals surface area contributed by atoms with Gasteiger partial charge < -0.3 is 0 Å². The number of aryl methyl sites for hydroxylation is 1. The third-order valence-electron chi connectivity index (χ3n) is 2.99. The summed E-state index contributed by atoms with van der Waals surface area (Å²) in [6.45, 7) is 0. The standard InChI is InChI=1S/C10H9N5O3/c1-13-8-7(9(17)14(2)10(13)18)5(16)3-6-12-11-4-15(6)8/h3-4,12H,1-2H3. The molecule has 18 heavy (non-hydrogen) atoms. The van der Waals surface area contributed by atoms with Gasteiger partial charge in [0.1, 0.15) is 23.0 Å². The molecule has 0 aromatic carbocycles. The average molecular weight is 247 g/mol. The molecule has 3 aromatic heterocycles. The smallest absolute Gasteiger partial charge is 0.289 e. The van der Waals surface area contributed by atoms with Gasteiger partial charge in [-0.2, -0.15) is 5.10 Å². The van der Waals surface area contributed by atoms with Gasteiger partial charge in [-0.05, 0) is 0 Å². The summed E-state index contributed by atoms with van der Waals surface area (Å²) in [6.07, 6.45) is 1.41. The quantitative estimate of drug-likeness (QED) is 0.527. The number of hydrogen-bond donors (Lipinski definition) is 1. The number of pyridine rings is 1. The molecule has 0 amide bonds. The van der Waals surface area contributed by atoms with Gasteiger partial charge in [0.25, 0.3) is 5.56 Å². The summed E-state index contributed by atoms with van der Waals surface area (Å²) in [5.74, 6) is 0. The van der Waals surface area contributed by atoms with Crippen molar-refractivity contribution in [1.29, 1.82) is 0 Å². The van der Waals surface area contributed by atoms with Crippen molar-refractivity contribution in [1.82, 2.24) is 23.7 Å². The second-order valence-corrected chi connectivity index (χ2v) is 4.02. The number of aromatic nitrogens is 5. The predicted octanol–water partition coefficient (Wildman–Crippen LogP) is -1.43. The van der Waals surface area contributed by atoms with Gasteiger partial charge in [-0.3, -0.25) is 28.2 Å². The Morgan fingerprint density at radius 3 is 2.61 bits per heavy atom. The van der Waals surface area contributed by atoms with E-state index < -0.39 is 16.7 Å². The molecule has 3 heterocycles. The molecule has 0 radical (unpaired) electrons. The Hall–Kier alpha value is -2.64. The van der Waals surface area contributed by atoms with Crippen molar-refractivity contribution < 1.29 is 0 Å². The Morgan fingerprint density at radius 2 is 1.89 bits per heavy atom. The van der Waals surface area contributed by atoms with E-state index in [0.717, 1.165) is 4.57 Å². The summed E-state index contributed by atoms with van der Waals surface area (Å²) in [4.78, 5) is 35.8. The maximum absolute atomic E-state index is 12.0. The molecule has 3 aromatic rings. The van der Waals surface area contributed by atoms with Gasteiger partial charge in [0.05, 0.1) is 0 Å². The van der Waals surface area contributed by atoms with Gasteiger partial charge >= 0.3 is 5.69 Å². The topological polar surface area (TPSA) is 94.2 Å². The minimum atomic E-state index is -0.603. The number of nitrogens with zero attached hydrogens (tertiary/aromatic N) is 4. The Labute approximate surface area is 98.7 Å². The highest BCUT2D eigenvalue weighted by Gasteiger charge is 2.14. The summed E-state index contributed by atoms with van der Waals surface area (Å²) < 4.78 is 3.66. The van der Waals surface area contributed by atoms with E-state index >= 15 is 0 Å². The molecule has 0 bridgehead atoms. The van der Waals surface area contributed by atoms with Crippen molar-refractivity contribution in [2.24, 2.45) is 14.1 Å². The highest BCUT2D eigenvalue weighted by atomic mass is 16.2. The van der Waals surface area contributed by atoms with Gasteiger partial charge in [-0.25, -0.2) is 4.79 Å². The zero-order chi connectivity index (χ0) is 13.0. The fraction of sp³-hybridized carbons (Fsp3) is 0.200. The number of aromatic amines is 1. The molecule has 0 fully saturated rings. The minimum absolute atomic E-state index is 0.0292. The molecule has 8 nitrogen and oxygen atoms in total. The number of rotatable bonds is 0. The SMILES string of the molecule is Cn1c(=O)c2c(=O)cc3[nH]ncn3c2n(C)c1=O. The zero-order valence-electron chi connectivity index (χ0n) is 9.67. The lowest BCUT2D eigenvalue weighted by atomic mass is 10.3. The molecule has 0 spiro atoms. The van der Waals surface area contributed by atoms with Crippen LogP contribution in [0.5, 0.6) is 0 Å². The molecule has 92 valence electrons. The first kappa shape index (κ1) is 10.5. The fourth-order valence-electron chi connectivity index (χ4n) is 2.07. The summed E-state index contributed by atoms with van der Waals surface area (Å²) >= 11 is 0. The Bertz CT molecular complexity index is 956. The largest absolute Gasteiger partial charge is 0.332 e. The Kier molecular flexibility index (Phi) is 1.86. The van der Waals surface area contributed by atoms with Crippen LogP contribution in [0.25, 0.3) is 16.7 Å². The normalized spacial score (nSPS) is 11.4. The van der Waals surface area contributed by atoms with Gasteiger partial charge in [-0.15, -0.1) is 0 Å². The van der Waals surface area contributed by atoms with E-state index in [2.05, 4.69) is 10.2 Å². The molecule has 0 atom stereocenters. The van der Waals surface area contributed by atoms with E-state index in [1.807, 2.05) is 0 Å². The van der Waals surface area contributed by atoms with Crippen LogP contribution >= 0.6 is 0 Å². The fourth-order valence-corrected chi connectivity index (χ4v) is 2.07. The van der Waals surface area contributed by atoms with Crippen LogP contribution in [0, 0.1) is 0 Å². The van der Waals surface area contributed by atoms with Gasteiger partial charge in [-0.1, -0.05) is 0 Å². The lowest BCUT2D eigenvalue weighted by molar-refractivity contribution is 0.704. The van der Waals surface area contributed by atoms with Crippen LogP contribution in [0.2, 0.25) is 0 Å². The van der Waals surface area contributed by atoms with Crippen LogP contribution in [-0.4, -0.2) is 23.7 Å². The maximum Gasteiger partial charge on any atom is 0.332 e. The molecule has 0 saturated heterocycles. The van der Waals surface area contributed by atoms with Crippen LogP contribution in [0.15, 0.2) is 26.8 Å². The molecule has 8 heteroatoms. The number of hydrogen-bond acceptors (Lipinski definition) is 4. The second kappa shape index (κ2) is 3.19. The second-order valence-electron chi connectivity index (χ2n) is 4.02. The van der Waals surface area contributed by atoms with Gasteiger partial charge in [0.2, 0.25) is 0 Å². The lowest BCUT2D eigenvalue weighted by Crippen LogP contribution is -2.39. The van der Waals surface area contributed by atoms with Crippen molar-refractivity contribution in [3.05, 3.63) is 43.5 Å². The summed E-state index contributed by atoms with van der Waals surface area (Å²) in [7, 11) is 2.84. The van der Waals surface area contributed by atoms with E-state index in [1.165, 1.54) is 35.5 Å². The number of H-pyrrole nitrogens is 1. The first-order valence-electron chi connectivity index (χ1n) is 5.17. The lowest BCUT2D eigenvalue weighted by Gasteiger charge is -2.07. The molecular formula is C10H9N5O3. The summed E-state index contributed by atoms with van der Waals surface area (Å²) in [5.41, 5.74) is -0.873. The summed E-state index contributed by atoms with van der Waals surface area (Å²) in [6, 6.07) is 1.28. The van der Waals surface area contributed by atoms with Crippen molar-refractivity contribution in [2.75, 3.05) is 0 Å². The van der Waals surface area contributed by atoms with Crippen LogP contribution in [0.4, 0.5) is 0 Å². The molecule has 0 aliphatic heterocycles. The molecular weight excluding hydrogens is 238 g/mol. The van der Waals surface area contributed by atoms with Crippen molar-refractivity contribution in [2.45, 2.75) is 0 Å². The molecule has 3 rings (SSSR count). The average Bonchev–Trinajstić information content (AvgIpc) is 2.79. The van der Waals surface area contributed by atoms with Gasteiger partial charge in [0, 0.05) is 20.2 Å². The van der Waals surface area contributed by atoms with Crippen LogP contribution in [0.1, 0.15) is 0 Å². The third kappa shape index (κ3) is 1.09.